The predicted octanol–water partition coefficient (Wildman–Crippen LogP) is 7.73. The minimum atomic E-state index is -1.56. The van der Waals surface area contributed by atoms with Gasteiger partial charge in [-0.15, -0.1) is 0 Å². The van der Waals surface area contributed by atoms with Crippen molar-refractivity contribution in [2.75, 3.05) is 26.1 Å². The summed E-state index contributed by atoms with van der Waals surface area (Å²) in [5, 5.41) is 13.3. The number of amides is 1. The third-order valence-electron chi connectivity index (χ3n) is 9.41. The van der Waals surface area contributed by atoms with Gasteiger partial charge in [0.1, 0.15) is 23.2 Å². The van der Waals surface area contributed by atoms with Gasteiger partial charge in [0.05, 0.1) is 23.5 Å². The molecule has 1 N–H and O–H groups in total. The number of para-hydroxylation sites is 1. The number of carbonyl (C=O) groups is 5. The highest BCUT2D eigenvalue weighted by Gasteiger charge is 2.58. The van der Waals surface area contributed by atoms with Crippen molar-refractivity contribution in [1.82, 2.24) is 4.90 Å². The molecule has 5 rings (SSSR count). The third kappa shape index (κ3) is 11.6. The quantitative estimate of drug-likeness (QED) is 0.0589. The first-order chi connectivity index (χ1) is 28.8. The minimum absolute atomic E-state index is 0.237. The lowest BCUT2D eigenvalue weighted by atomic mass is 9.78. The summed E-state index contributed by atoms with van der Waals surface area (Å²) in [6, 6.07) is 34.8. The topological polar surface area (TPSA) is 171 Å². The van der Waals surface area contributed by atoms with Crippen LogP contribution in [-0.2, 0) is 54.2 Å². The second-order valence-electron chi connectivity index (χ2n) is 13.9. The van der Waals surface area contributed by atoms with Crippen LogP contribution in [0.15, 0.2) is 136 Å². The van der Waals surface area contributed by atoms with E-state index < -0.39 is 65.4 Å². The first-order valence-corrected chi connectivity index (χ1v) is 19.9. The molecule has 0 aliphatic carbocycles. The van der Waals surface area contributed by atoms with E-state index in [1.54, 1.807) is 55.6 Å². The molecule has 0 fully saturated rings. The van der Waals surface area contributed by atoms with Crippen LogP contribution < -0.4 is 10.1 Å². The number of anilines is 1. The lowest BCUT2D eigenvalue weighted by Crippen LogP contribution is -2.50. The highest BCUT2D eigenvalue weighted by atomic mass is 32.2. The van der Waals surface area contributed by atoms with E-state index in [9.17, 15) is 19.2 Å². The molecule has 0 aromatic heterocycles. The molecule has 0 spiro atoms. The maximum absolute atomic E-state index is 15.4. The number of nitrogens with one attached hydrogen (secondary N) is 1. The number of hydrogen-bond donors (Lipinski definition) is 1. The number of benzene rings is 4. The largest absolute Gasteiger partial charge is 0.497 e. The SMILES string of the molecule is COc1ccc(N=NC2=C(N(C)Cc3ccccc3)S[C@@](C(=O)Nc3ccccc3)(c3ccccc3)[C@H]2C[C@@H](OC(C)=O)[C@H](OC(C)=O)[C@@H](COC(C)=O)OC(C)=O)cc1. The van der Waals surface area contributed by atoms with E-state index >= 15 is 4.79 Å². The number of methoxy groups -OCH3 is 1. The van der Waals surface area contributed by atoms with Gasteiger partial charge in [-0.2, -0.15) is 10.2 Å². The number of rotatable bonds is 18. The normalized spacial score (nSPS) is 17.5. The van der Waals surface area contributed by atoms with E-state index in [0.717, 1.165) is 19.4 Å². The number of thioether (sulfide) groups is 1. The van der Waals surface area contributed by atoms with Crippen LogP contribution in [0.25, 0.3) is 0 Å². The molecule has 1 heterocycles. The summed E-state index contributed by atoms with van der Waals surface area (Å²) in [4.78, 5) is 67.7. The van der Waals surface area contributed by atoms with Crippen molar-refractivity contribution in [3.63, 3.8) is 0 Å². The first kappa shape index (κ1) is 44.6. The number of carbonyl (C=O) groups excluding carboxylic acids is 5. The number of ether oxygens (including phenoxy) is 5. The fourth-order valence-corrected chi connectivity index (χ4v) is 8.44. The van der Waals surface area contributed by atoms with Gasteiger partial charge in [-0.25, -0.2) is 0 Å². The van der Waals surface area contributed by atoms with Crippen LogP contribution in [0.1, 0.15) is 45.2 Å². The summed E-state index contributed by atoms with van der Waals surface area (Å²) in [5.74, 6) is -3.85. The van der Waals surface area contributed by atoms with E-state index in [0.29, 0.717) is 40.0 Å². The third-order valence-corrected chi connectivity index (χ3v) is 11.2. The van der Waals surface area contributed by atoms with Crippen LogP contribution >= 0.6 is 11.8 Å². The molecule has 1 amide bonds. The average Bonchev–Trinajstić information content (AvgIpc) is 3.56. The van der Waals surface area contributed by atoms with Crippen LogP contribution in [-0.4, -0.2) is 73.8 Å². The van der Waals surface area contributed by atoms with Crippen molar-refractivity contribution in [2.24, 2.45) is 16.1 Å². The Hall–Kier alpha value is -6.48. The minimum Gasteiger partial charge on any atom is -0.497 e. The Kier molecular flexibility index (Phi) is 15.6. The van der Waals surface area contributed by atoms with Crippen molar-refractivity contribution in [2.45, 2.75) is 63.7 Å². The molecule has 0 bridgehead atoms. The lowest BCUT2D eigenvalue weighted by molar-refractivity contribution is -0.190. The number of nitrogens with zero attached hydrogens (tertiary/aromatic N) is 3. The van der Waals surface area contributed by atoms with E-state index in [4.69, 9.17) is 28.8 Å². The molecule has 0 saturated carbocycles. The summed E-state index contributed by atoms with van der Waals surface area (Å²) in [6.07, 6.45) is -4.59. The molecule has 0 saturated heterocycles. The van der Waals surface area contributed by atoms with E-state index in [2.05, 4.69) is 10.4 Å². The van der Waals surface area contributed by atoms with E-state index in [1.165, 1.54) is 25.6 Å². The van der Waals surface area contributed by atoms with Crippen LogP contribution in [0, 0.1) is 5.92 Å². The molecule has 1 aliphatic rings. The Morgan fingerprint density at radius 2 is 1.28 bits per heavy atom. The second-order valence-corrected chi connectivity index (χ2v) is 15.1. The summed E-state index contributed by atoms with van der Waals surface area (Å²) in [6.45, 7) is 4.51. The van der Waals surface area contributed by atoms with Gasteiger partial charge in [0, 0.05) is 52.9 Å². The predicted molar refractivity (Wildman–Crippen MR) is 225 cm³/mol. The smallest absolute Gasteiger partial charge is 0.303 e. The van der Waals surface area contributed by atoms with Crippen molar-refractivity contribution >= 4 is 52.9 Å². The molecule has 314 valence electrons. The van der Waals surface area contributed by atoms with Gasteiger partial charge >= 0.3 is 23.9 Å². The Morgan fingerprint density at radius 1 is 0.717 bits per heavy atom. The Balaban J connectivity index is 1.79. The van der Waals surface area contributed by atoms with Gasteiger partial charge in [0.25, 0.3) is 0 Å². The average molecular weight is 837 g/mol. The van der Waals surface area contributed by atoms with Crippen molar-refractivity contribution in [1.29, 1.82) is 0 Å². The molecule has 4 aromatic carbocycles. The van der Waals surface area contributed by atoms with Crippen molar-refractivity contribution in [3.8, 4) is 5.75 Å². The Morgan fingerprint density at radius 3 is 1.85 bits per heavy atom. The Bertz CT molecular complexity index is 2170. The van der Waals surface area contributed by atoms with Gasteiger partial charge in [-0.3, -0.25) is 24.0 Å². The molecule has 60 heavy (non-hydrogen) atoms. The summed E-state index contributed by atoms with van der Waals surface area (Å²) in [5.41, 5.74) is 2.91. The molecule has 5 atom stereocenters. The van der Waals surface area contributed by atoms with Crippen LogP contribution in [0.4, 0.5) is 11.4 Å². The molecule has 0 unspecified atom stereocenters. The van der Waals surface area contributed by atoms with Crippen LogP contribution in [0.5, 0.6) is 5.75 Å². The molecule has 0 radical (unpaired) electrons. The maximum atomic E-state index is 15.4. The molecular formula is C45H48N4O10S. The second kappa shape index (κ2) is 21.0. The number of azo groups is 1. The summed E-state index contributed by atoms with van der Waals surface area (Å²) in [7, 11) is 3.44. The highest BCUT2D eigenvalue weighted by Crippen LogP contribution is 2.60. The maximum Gasteiger partial charge on any atom is 0.303 e. The van der Waals surface area contributed by atoms with Gasteiger partial charge in [-0.05, 0) is 53.9 Å². The van der Waals surface area contributed by atoms with Crippen molar-refractivity contribution in [3.05, 3.63) is 137 Å². The number of esters is 4. The number of hydrogen-bond acceptors (Lipinski definition) is 14. The first-order valence-electron chi connectivity index (χ1n) is 19.1. The molecule has 15 heteroatoms. The Labute approximate surface area is 353 Å². The van der Waals surface area contributed by atoms with Gasteiger partial charge in [0.2, 0.25) is 5.91 Å². The summed E-state index contributed by atoms with van der Waals surface area (Å²) >= 11 is 1.26. The van der Waals surface area contributed by atoms with E-state index in [-0.39, 0.29) is 6.42 Å². The standard InChI is InChI=1S/C45H48N4O10S/c1-29(50)56-28-40(58-31(3)52)42(59-32(4)53)39(57-30(2)51)26-38-41(48-47-36-22-24-37(55-6)25-23-36)43(49(5)27-33-16-10-7-11-17-33)60-45(38,34-18-12-8-13-19-34)44(54)46-35-20-14-9-15-21-35/h7-25,38-40,42H,26-28H2,1-6H3,(H,46,54)/t38-,39+,40+,42-,45-/m0/s1. The van der Waals surface area contributed by atoms with Gasteiger partial charge in [0.15, 0.2) is 12.2 Å². The molecular weight excluding hydrogens is 789 g/mol. The fourth-order valence-electron chi connectivity index (χ4n) is 6.88. The molecule has 1 aliphatic heterocycles. The highest BCUT2D eigenvalue weighted by molar-refractivity contribution is 8.04. The monoisotopic (exact) mass is 836 g/mol. The zero-order valence-corrected chi connectivity index (χ0v) is 35.0. The fraction of sp³-hybridized carbons (Fsp3) is 0.311. The van der Waals surface area contributed by atoms with Crippen LogP contribution in [0.2, 0.25) is 0 Å². The zero-order chi connectivity index (χ0) is 43.2. The van der Waals surface area contributed by atoms with Gasteiger partial charge < -0.3 is 33.9 Å². The van der Waals surface area contributed by atoms with E-state index in [1.807, 2.05) is 78.7 Å². The number of allylic oxidation sites excluding steroid dienone is 1. The lowest BCUT2D eigenvalue weighted by Gasteiger charge is -2.38. The zero-order valence-electron chi connectivity index (χ0n) is 34.2. The van der Waals surface area contributed by atoms with Crippen LogP contribution in [0.3, 0.4) is 0 Å². The van der Waals surface area contributed by atoms with Gasteiger partial charge in [-0.1, -0.05) is 90.6 Å². The molecule has 4 aromatic rings. The summed E-state index contributed by atoms with van der Waals surface area (Å²) < 4.78 is 26.4. The molecule has 14 nitrogen and oxygen atoms in total. The van der Waals surface area contributed by atoms with Crippen molar-refractivity contribution < 1.29 is 47.7 Å².